The van der Waals surface area contributed by atoms with Crippen molar-refractivity contribution in [2.24, 2.45) is 5.73 Å². The number of fused-ring (bicyclic) bond motifs is 1. The average molecular weight is 197 g/mol. The molecular weight excluding hydrogens is 192 g/mol. The summed E-state index contributed by atoms with van der Waals surface area (Å²) in [5.41, 5.74) is 5.78. The molecule has 13 heavy (non-hydrogen) atoms. The molecule has 2 heterocycles. The maximum absolute atomic E-state index is 10.7. The molecule has 1 amide bonds. The molecule has 4 nitrogen and oxygen atoms in total. The highest BCUT2D eigenvalue weighted by Crippen LogP contribution is 2.22. The first kappa shape index (κ1) is 8.07. The van der Waals surface area contributed by atoms with Crippen molar-refractivity contribution in [2.75, 3.05) is 0 Å². The molecule has 0 aliphatic carbocycles. The first-order chi connectivity index (χ1) is 6.16. The Kier molecular flexibility index (Phi) is 1.70. The summed E-state index contributed by atoms with van der Waals surface area (Å²) >= 11 is 5.60. The summed E-state index contributed by atoms with van der Waals surface area (Å²) in [6.07, 6.45) is 1.42. The van der Waals surface area contributed by atoms with Crippen molar-refractivity contribution in [3.8, 4) is 0 Å². The van der Waals surface area contributed by atoms with Gasteiger partial charge in [-0.3, -0.25) is 4.79 Å². The minimum Gasteiger partial charge on any atom is -0.443 e. The molecule has 0 aromatic carbocycles. The van der Waals surface area contributed by atoms with Crippen LogP contribution >= 0.6 is 11.6 Å². The number of furan rings is 1. The van der Waals surface area contributed by atoms with Crippen LogP contribution in [0, 0.1) is 0 Å². The summed E-state index contributed by atoms with van der Waals surface area (Å²) < 4.78 is 5.05. The molecule has 0 aliphatic rings. The second kappa shape index (κ2) is 2.74. The third kappa shape index (κ3) is 1.36. The molecule has 0 spiro atoms. The van der Waals surface area contributed by atoms with Crippen LogP contribution in [0.25, 0.3) is 11.0 Å². The summed E-state index contributed by atoms with van der Waals surface area (Å²) in [5, 5.41) is 0.979. The largest absolute Gasteiger partial charge is 0.443 e. The highest BCUT2D eigenvalue weighted by atomic mass is 35.5. The number of nitrogens with zero attached hydrogens (tertiary/aromatic N) is 1. The fourth-order valence-corrected chi connectivity index (χ4v) is 1.25. The molecule has 0 radical (unpaired) electrons. The first-order valence-corrected chi connectivity index (χ1v) is 3.89. The Hall–Kier alpha value is -1.55. The van der Waals surface area contributed by atoms with Gasteiger partial charge in [0.25, 0.3) is 5.91 Å². The fraction of sp³-hybridized carbons (Fsp3) is 0. The minimum absolute atomic E-state index is 0.199. The van der Waals surface area contributed by atoms with E-state index in [0.29, 0.717) is 11.0 Å². The van der Waals surface area contributed by atoms with Crippen LogP contribution < -0.4 is 5.73 Å². The average Bonchev–Trinajstić information content (AvgIpc) is 2.42. The topological polar surface area (TPSA) is 69.1 Å². The van der Waals surface area contributed by atoms with Crippen molar-refractivity contribution in [2.45, 2.75) is 0 Å². The van der Waals surface area contributed by atoms with Crippen LogP contribution in [0.1, 0.15) is 10.5 Å². The highest BCUT2D eigenvalue weighted by molar-refractivity contribution is 6.29. The SMILES string of the molecule is NC(=O)c1cc2cc(Cl)oc2cn1. The molecule has 66 valence electrons. The van der Waals surface area contributed by atoms with Gasteiger partial charge < -0.3 is 10.2 Å². The van der Waals surface area contributed by atoms with Gasteiger partial charge in [0.2, 0.25) is 0 Å². The molecule has 0 unspecified atom stereocenters. The monoisotopic (exact) mass is 196 g/mol. The molecule has 0 saturated carbocycles. The van der Waals surface area contributed by atoms with Gasteiger partial charge in [-0.25, -0.2) is 4.98 Å². The summed E-state index contributed by atoms with van der Waals surface area (Å²) in [6.45, 7) is 0. The minimum atomic E-state index is -0.570. The number of pyridine rings is 1. The van der Waals surface area contributed by atoms with Gasteiger partial charge in [-0.05, 0) is 17.7 Å². The summed E-state index contributed by atoms with van der Waals surface area (Å²) in [5.74, 6) is -0.570. The van der Waals surface area contributed by atoms with Crippen molar-refractivity contribution in [3.63, 3.8) is 0 Å². The molecular formula is C8H5ClN2O2. The Bertz CT molecular complexity index is 478. The van der Waals surface area contributed by atoms with E-state index in [2.05, 4.69) is 4.98 Å². The van der Waals surface area contributed by atoms with Crippen LogP contribution in [-0.2, 0) is 0 Å². The van der Waals surface area contributed by atoms with Gasteiger partial charge in [0.1, 0.15) is 5.69 Å². The lowest BCUT2D eigenvalue weighted by atomic mass is 10.2. The van der Waals surface area contributed by atoms with E-state index < -0.39 is 5.91 Å². The van der Waals surface area contributed by atoms with Crippen molar-refractivity contribution in [3.05, 3.63) is 29.2 Å². The lowest BCUT2D eigenvalue weighted by Crippen LogP contribution is -2.12. The van der Waals surface area contributed by atoms with Crippen LogP contribution in [-0.4, -0.2) is 10.9 Å². The normalized spacial score (nSPS) is 10.5. The number of primary amides is 1. The standard InChI is InChI=1S/C8H5ClN2O2/c9-7-2-4-1-5(8(10)12)11-3-6(4)13-7/h1-3H,(H2,10,12). The van der Waals surface area contributed by atoms with Crippen molar-refractivity contribution in [1.29, 1.82) is 0 Å². The molecule has 5 heteroatoms. The van der Waals surface area contributed by atoms with Crippen LogP contribution in [0.15, 0.2) is 22.7 Å². The van der Waals surface area contributed by atoms with Crippen molar-refractivity contribution in [1.82, 2.24) is 4.98 Å². The molecule has 2 N–H and O–H groups in total. The fourth-order valence-electron chi connectivity index (χ4n) is 1.05. The second-order valence-electron chi connectivity index (χ2n) is 2.52. The van der Waals surface area contributed by atoms with E-state index in [1.54, 1.807) is 6.07 Å². The van der Waals surface area contributed by atoms with Crippen LogP contribution in [0.3, 0.4) is 0 Å². The third-order valence-corrected chi connectivity index (χ3v) is 1.81. The van der Waals surface area contributed by atoms with Crippen LogP contribution in [0.2, 0.25) is 5.22 Å². The predicted octanol–water partition coefficient (Wildman–Crippen LogP) is 1.58. The number of hydrogen-bond acceptors (Lipinski definition) is 3. The summed E-state index contributed by atoms with van der Waals surface area (Å²) in [7, 11) is 0. The number of carbonyl (C=O) groups is 1. The van der Waals surface area contributed by atoms with E-state index in [1.165, 1.54) is 12.3 Å². The Morgan fingerprint density at radius 1 is 1.54 bits per heavy atom. The van der Waals surface area contributed by atoms with Gasteiger partial charge >= 0.3 is 0 Å². The number of nitrogens with two attached hydrogens (primary N) is 1. The zero-order valence-electron chi connectivity index (χ0n) is 6.45. The van der Waals surface area contributed by atoms with E-state index in [-0.39, 0.29) is 10.9 Å². The zero-order valence-corrected chi connectivity index (χ0v) is 7.21. The molecule has 2 aromatic heterocycles. The molecule has 0 saturated heterocycles. The number of amides is 1. The summed E-state index contributed by atoms with van der Waals surface area (Å²) in [4.78, 5) is 14.5. The first-order valence-electron chi connectivity index (χ1n) is 3.52. The van der Waals surface area contributed by atoms with Crippen molar-refractivity contribution >= 4 is 28.5 Å². The molecule has 2 aromatic rings. The van der Waals surface area contributed by atoms with Gasteiger partial charge in [-0.15, -0.1) is 0 Å². The number of carbonyl (C=O) groups excluding carboxylic acids is 1. The van der Waals surface area contributed by atoms with E-state index in [0.717, 1.165) is 0 Å². The van der Waals surface area contributed by atoms with E-state index in [9.17, 15) is 4.79 Å². The summed E-state index contributed by atoms with van der Waals surface area (Å²) in [6, 6.07) is 3.14. The van der Waals surface area contributed by atoms with Gasteiger partial charge in [-0.2, -0.15) is 0 Å². The van der Waals surface area contributed by atoms with Gasteiger partial charge in [0.15, 0.2) is 10.8 Å². The highest BCUT2D eigenvalue weighted by Gasteiger charge is 2.06. The van der Waals surface area contributed by atoms with E-state index >= 15 is 0 Å². The maximum Gasteiger partial charge on any atom is 0.267 e. The lowest BCUT2D eigenvalue weighted by molar-refractivity contribution is 0.0996. The third-order valence-electron chi connectivity index (χ3n) is 1.63. The maximum atomic E-state index is 10.7. The number of rotatable bonds is 1. The molecule has 0 atom stereocenters. The Balaban J connectivity index is 2.67. The Labute approximate surface area is 78.3 Å². The smallest absolute Gasteiger partial charge is 0.267 e. The second-order valence-corrected chi connectivity index (χ2v) is 2.89. The van der Waals surface area contributed by atoms with Crippen molar-refractivity contribution < 1.29 is 9.21 Å². The van der Waals surface area contributed by atoms with E-state index in [1.807, 2.05) is 0 Å². The molecule has 0 bridgehead atoms. The Morgan fingerprint density at radius 2 is 2.31 bits per heavy atom. The van der Waals surface area contributed by atoms with Gasteiger partial charge in [0, 0.05) is 11.5 Å². The lowest BCUT2D eigenvalue weighted by Gasteiger charge is -1.92. The number of hydrogen-bond donors (Lipinski definition) is 1. The van der Waals surface area contributed by atoms with Gasteiger partial charge in [-0.1, -0.05) is 0 Å². The molecule has 0 fully saturated rings. The molecule has 0 aliphatic heterocycles. The molecule has 2 rings (SSSR count). The quantitative estimate of drug-likeness (QED) is 0.753. The van der Waals surface area contributed by atoms with Crippen LogP contribution in [0.5, 0.6) is 0 Å². The van der Waals surface area contributed by atoms with E-state index in [4.69, 9.17) is 21.8 Å². The van der Waals surface area contributed by atoms with Crippen LogP contribution in [0.4, 0.5) is 0 Å². The zero-order chi connectivity index (χ0) is 9.42. The number of aromatic nitrogens is 1. The Morgan fingerprint density at radius 3 is 3.00 bits per heavy atom. The predicted molar refractivity (Wildman–Crippen MR) is 47.5 cm³/mol. The van der Waals surface area contributed by atoms with Gasteiger partial charge in [0.05, 0.1) is 6.20 Å². The number of halogens is 1.